The zero-order chi connectivity index (χ0) is 10.8. The summed E-state index contributed by atoms with van der Waals surface area (Å²) in [7, 11) is 0. The minimum absolute atomic E-state index is 0.0328. The average Bonchev–Trinajstić information content (AvgIpc) is 2.08. The Morgan fingerprint density at radius 3 is 2.36 bits per heavy atom. The fourth-order valence-electron chi connectivity index (χ4n) is 0.779. The molecule has 1 aromatic heterocycles. The van der Waals surface area contributed by atoms with Crippen molar-refractivity contribution in [2.24, 2.45) is 5.73 Å². The van der Waals surface area contributed by atoms with Crippen LogP contribution in [0, 0.1) is 3.57 Å². The third-order valence-corrected chi connectivity index (χ3v) is 2.75. The van der Waals surface area contributed by atoms with Gasteiger partial charge in [-0.05, 0) is 43.4 Å². The summed E-state index contributed by atoms with van der Waals surface area (Å²) >= 11 is 2.17. The predicted octanol–water partition coefficient (Wildman–Crippen LogP) is 1.62. The van der Waals surface area contributed by atoms with E-state index in [1.54, 1.807) is 12.4 Å². The molecule has 0 saturated heterocycles. The topological polar surface area (TPSA) is 63.8 Å². The quantitative estimate of drug-likeness (QED) is 0.833. The van der Waals surface area contributed by atoms with Gasteiger partial charge in [-0.3, -0.25) is 0 Å². The third-order valence-electron chi connectivity index (χ3n) is 2.19. The van der Waals surface area contributed by atoms with Gasteiger partial charge in [-0.25, -0.2) is 9.97 Å². The van der Waals surface area contributed by atoms with Gasteiger partial charge in [0, 0.05) is 27.5 Å². The molecule has 0 fully saturated rings. The molecule has 14 heavy (non-hydrogen) atoms. The van der Waals surface area contributed by atoms with Gasteiger partial charge in [0.2, 0.25) is 5.95 Å². The molecule has 3 N–H and O–H groups in total. The molecule has 1 rings (SSSR count). The van der Waals surface area contributed by atoms with Gasteiger partial charge in [0.05, 0.1) is 0 Å². The lowest BCUT2D eigenvalue weighted by atomic mass is 9.97. The highest BCUT2D eigenvalue weighted by Crippen LogP contribution is 2.13. The summed E-state index contributed by atoms with van der Waals surface area (Å²) in [5.74, 6) is 0.618. The fraction of sp³-hybridized carbons (Fsp3) is 0.556. The Labute approximate surface area is 97.8 Å². The van der Waals surface area contributed by atoms with E-state index >= 15 is 0 Å². The highest BCUT2D eigenvalue weighted by Gasteiger charge is 2.23. The SMILES string of the molecule is CC(N)C(C)(C)Nc1ncc(I)cn1. The molecule has 1 atom stereocenters. The van der Waals surface area contributed by atoms with Crippen molar-refractivity contribution in [3.63, 3.8) is 0 Å². The lowest BCUT2D eigenvalue weighted by Crippen LogP contribution is -2.47. The number of halogens is 1. The first-order chi connectivity index (χ1) is 6.42. The second kappa shape index (κ2) is 4.39. The molecule has 0 saturated carbocycles. The zero-order valence-corrected chi connectivity index (χ0v) is 10.7. The molecule has 1 unspecified atom stereocenters. The monoisotopic (exact) mass is 306 g/mol. The van der Waals surface area contributed by atoms with E-state index in [0.717, 1.165) is 3.57 Å². The van der Waals surface area contributed by atoms with Gasteiger partial charge >= 0.3 is 0 Å². The van der Waals surface area contributed by atoms with Crippen molar-refractivity contribution < 1.29 is 0 Å². The maximum atomic E-state index is 5.83. The maximum absolute atomic E-state index is 5.83. The fourth-order valence-corrected chi connectivity index (χ4v) is 1.06. The van der Waals surface area contributed by atoms with E-state index in [4.69, 9.17) is 5.73 Å². The number of hydrogen-bond donors (Lipinski definition) is 2. The number of nitrogens with one attached hydrogen (secondary N) is 1. The molecule has 78 valence electrons. The van der Waals surface area contributed by atoms with Gasteiger partial charge < -0.3 is 11.1 Å². The maximum Gasteiger partial charge on any atom is 0.223 e. The Hall–Kier alpha value is -0.430. The summed E-state index contributed by atoms with van der Waals surface area (Å²) in [4.78, 5) is 8.32. The molecule has 0 aliphatic carbocycles. The molecule has 0 aliphatic rings. The van der Waals surface area contributed by atoms with Crippen molar-refractivity contribution in [1.29, 1.82) is 0 Å². The molecule has 4 nitrogen and oxygen atoms in total. The van der Waals surface area contributed by atoms with E-state index in [1.165, 1.54) is 0 Å². The van der Waals surface area contributed by atoms with Crippen molar-refractivity contribution in [2.45, 2.75) is 32.4 Å². The molecule has 5 heteroatoms. The molecular weight excluding hydrogens is 291 g/mol. The van der Waals surface area contributed by atoms with Gasteiger partial charge in [0.25, 0.3) is 0 Å². The minimum Gasteiger partial charge on any atom is -0.348 e. The number of aromatic nitrogens is 2. The molecule has 0 aromatic carbocycles. The Morgan fingerprint density at radius 2 is 1.93 bits per heavy atom. The van der Waals surface area contributed by atoms with Crippen LogP contribution in [0.4, 0.5) is 5.95 Å². The normalized spacial score (nSPS) is 13.8. The number of nitrogens with zero attached hydrogens (tertiary/aromatic N) is 2. The average molecular weight is 306 g/mol. The molecule has 1 heterocycles. The summed E-state index contributed by atoms with van der Waals surface area (Å²) < 4.78 is 1.02. The number of hydrogen-bond acceptors (Lipinski definition) is 4. The smallest absolute Gasteiger partial charge is 0.223 e. The Bertz CT molecular complexity index is 294. The van der Waals surface area contributed by atoms with E-state index < -0.39 is 0 Å². The van der Waals surface area contributed by atoms with Gasteiger partial charge in [-0.1, -0.05) is 0 Å². The van der Waals surface area contributed by atoms with Gasteiger partial charge in [0.15, 0.2) is 0 Å². The molecule has 1 aromatic rings. The van der Waals surface area contributed by atoms with E-state index in [9.17, 15) is 0 Å². The van der Waals surface area contributed by atoms with E-state index in [1.807, 2.05) is 20.8 Å². The van der Waals surface area contributed by atoms with E-state index in [2.05, 4.69) is 37.9 Å². The Balaban J connectivity index is 2.74. The lowest BCUT2D eigenvalue weighted by molar-refractivity contribution is 0.467. The van der Waals surface area contributed by atoms with Crippen LogP contribution >= 0.6 is 22.6 Å². The summed E-state index contributed by atoms with van der Waals surface area (Å²) in [6.45, 7) is 6.01. The van der Waals surface area contributed by atoms with Crippen molar-refractivity contribution in [3.8, 4) is 0 Å². The largest absolute Gasteiger partial charge is 0.348 e. The van der Waals surface area contributed by atoms with Gasteiger partial charge in [-0.2, -0.15) is 0 Å². The van der Waals surface area contributed by atoms with Crippen molar-refractivity contribution in [3.05, 3.63) is 16.0 Å². The van der Waals surface area contributed by atoms with Crippen LogP contribution in [-0.2, 0) is 0 Å². The van der Waals surface area contributed by atoms with Gasteiger partial charge in [0.1, 0.15) is 0 Å². The third kappa shape index (κ3) is 3.06. The summed E-state index contributed by atoms with van der Waals surface area (Å²) in [6.07, 6.45) is 3.54. The molecule has 0 bridgehead atoms. The van der Waals surface area contributed by atoms with Crippen LogP contribution in [0.5, 0.6) is 0 Å². The van der Waals surface area contributed by atoms with Crippen LogP contribution in [0.2, 0.25) is 0 Å². The predicted molar refractivity (Wildman–Crippen MR) is 66.1 cm³/mol. The molecule has 0 amide bonds. The lowest BCUT2D eigenvalue weighted by Gasteiger charge is -2.30. The first-order valence-corrected chi connectivity index (χ1v) is 5.51. The number of nitrogens with two attached hydrogens (primary N) is 1. The van der Waals surface area contributed by atoms with Crippen molar-refractivity contribution >= 4 is 28.5 Å². The molecule has 0 radical (unpaired) electrons. The highest BCUT2D eigenvalue weighted by molar-refractivity contribution is 14.1. The summed E-state index contributed by atoms with van der Waals surface area (Å²) in [6, 6.07) is 0.0328. The number of anilines is 1. The first-order valence-electron chi connectivity index (χ1n) is 4.43. The van der Waals surface area contributed by atoms with Gasteiger partial charge in [-0.15, -0.1) is 0 Å². The second-order valence-electron chi connectivity index (χ2n) is 3.86. The van der Waals surface area contributed by atoms with Crippen LogP contribution in [0.15, 0.2) is 12.4 Å². The van der Waals surface area contributed by atoms with Crippen LogP contribution < -0.4 is 11.1 Å². The molecule has 0 spiro atoms. The minimum atomic E-state index is -0.202. The second-order valence-corrected chi connectivity index (χ2v) is 5.11. The highest BCUT2D eigenvalue weighted by atomic mass is 127. The Morgan fingerprint density at radius 1 is 1.43 bits per heavy atom. The first kappa shape index (κ1) is 11.6. The van der Waals surface area contributed by atoms with Crippen molar-refractivity contribution in [1.82, 2.24) is 9.97 Å². The number of rotatable bonds is 3. The standard InChI is InChI=1S/C9H15IN4/c1-6(11)9(2,3)14-8-12-4-7(10)5-13-8/h4-6H,11H2,1-3H3,(H,12,13,14). The van der Waals surface area contributed by atoms with Crippen LogP contribution in [0.3, 0.4) is 0 Å². The molecular formula is C9H15IN4. The summed E-state index contributed by atoms with van der Waals surface area (Å²) in [5, 5.41) is 3.19. The Kier molecular flexibility index (Phi) is 3.65. The van der Waals surface area contributed by atoms with Crippen LogP contribution in [-0.4, -0.2) is 21.5 Å². The van der Waals surface area contributed by atoms with Crippen LogP contribution in [0.25, 0.3) is 0 Å². The summed E-state index contributed by atoms with van der Waals surface area (Å²) in [5.41, 5.74) is 5.63. The van der Waals surface area contributed by atoms with E-state index in [0.29, 0.717) is 5.95 Å². The van der Waals surface area contributed by atoms with Crippen LogP contribution in [0.1, 0.15) is 20.8 Å². The molecule has 0 aliphatic heterocycles. The zero-order valence-electron chi connectivity index (χ0n) is 8.58. The van der Waals surface area contributed by atoms with E-state index in [-0.39, 0.29) is 11.6 Å². The van der Waals surface area contributed by atoms with Crippen molar-refractivity contribution in [2.75, 3.05) is 5.32 Å².